The maximum atomic E-state index is 13.0. The molecule has 0 radical (unpaired) electrons. The van der Waals surface area contributed by atoms with E-state index < -0.39 is 6.04 Å². The smallest absolute Gasteiger partial charge is 0.237 e. The molecule has 0 spiro atoms. The molecule has 2 unspecified atom stereocenters. The monoisotopic (exact) mass is 570 g/mol. The standard InChI is InChI=1S/C36H58N2O.ClH/c1-24(2)10-9-11-25(3)30-16-17-31-29-15-14-27-23-28(18-20-35(27,4)32(29)19-21-36(30,31)5)38-34(39)33(37)22-26-12-7-6-8-13-26;/h6-8,12-13,24-25,27-33H,9-11,14-23,37H2,1-5H3,(H,38,39);1H/t25-,27?,28?,29+,30-,31+,32+,33+,35+,36-;/m1./s1. The highest BCUT2D eigenvalue weighted by Crippen LogP contribution is 2.68. The van der Waals surface area contributed by atoms with E-state index in [9.17, 15) is 4.79 Å². The van der Waals surface area contributed by atoms with Gasteiger partial charge >= 0.3 is 0 Å². The number of rotatable bonds is 9. The number of carbonyl (C=O) groups excluding carboxylic acids is 1. The second kappa shape index (κ2) is 13.1. The van der Waals surface area contributed by atoms with Crippen LogP contribution in [0.5, 0.6) is 0 Å². The van der Waals surface area contributed by atoms with E-state index in [1.807, 2.05) is 18.2 Å². The summed E-state index contributed by atoms with van der Waals surface area (Å²) in [5.41, 5.74) is 8.50. The molecule has 3 nitrogen and oxygen atoms in total. The molecule has 4 fully saturated rings. The Balaban J connectivity index is 0.00000370. The van der Waals surface area contributed by atoms with Crippen molar-refractivity contribution in [3.05, 3.63) is 35.9 Å². The third-order valence-electron chi connectivity index (χ3n) is 12.8. The lowest BCUT2D eigenvalue weighted by molar-refractivity contribution is -0.128. The molecule has 226 valence electrons. The fourth-order valence-corrected chi connectivity index (χ4v) is 10.7. The second-order valence-electron chi connectivity index (χ2n) is 15.5. The van der Waals surface area contributed by atoms with Crippen LogP contribution in [0.4, 0.5) is 0 Å². The van der Waals surface area contributed by atoms with Gasteiger partial charge in [0.25, 0.3) is 0 Å². The summed E-state index contributed by atoms with van der Waals surface area (Å²) in [5.74, 6) is 6.21. The molecule has 3 N–H and O–H groups in total. The summed E-state index contributed by atoms with van der Waals surface area (Å²) in [6.07, 6.45) is 17.0. The Hall–Kier alpha value is -1.06. The van der Waals surface area contributed by atoms with Crippen LogP contribution in [0.25, 0.3) is 0 Å². The molecule has 0 heterocycles. The fraction of sp³-hybridized carbons (Fsp3) is 0.806. The van der Waals surface area contributed by atoms with Gasteiger partial charge in [-0.1, -0.05) is 84.2 Å². The van der Waals surface area contributed by atoms with Gasteiger partial charge in [-0.2, -0.15) is 0 Å². The third kappa shape index (κ3) is 6.31. The maximum Gasteiger partial charge on any atom is 0.237 e. The SMILES string of the molecule is CC(C)CCC[C@@H](C)[C@H]1CC[C@H]2[C@@H]3CCC4CC(NC(=O)[C@@H](N)Cc5ccccc5)CC[C@]4(C)[C@H]3CC[C@]12C.Cl. The van der Waals surface area contributed by atoms with E-state index in [4.69, 9.17) is 5.73 Å². The Bertz CT molecular complexity index is 967. The molecule has 4 aliphatic carbocycles. The van der Waals surface area contributed by atoms with E-state index in [0.29, 0.717) is 23.3 Å². The molecule has 4 saturated carbocycles. The summed E-state index contributed by atoms with van der Waals surface area (Å²) in [6.45, 7) is 12.7. The second-order valence-corrected chi connectivity index (χ2v) is 15.5. The van der Waals surface area contributed by atoms with E-state index in [1.165, 1.54) is 64.2 Å². The molecule has 40 heavy (non-hydrogen) atoms. The zero-order valence-corrected chi connectivity index (χ0v) is 27.0. The topological polar surface area (TPSA) is 55.1 Å². The molecular formula is C36H59ClN2O. The van der Waals surface area contributed by atoms with Gasteiger partial charge in [0.15, 0.2) is 0 Å². The van der Waals surface area contributed by atoms with Gasteiger partial charge in [-0.15, -0.1) is 12.4 Å². The lowest BCUT2D eigenvalue weighted by Gasteiger charge is -2.61. The van der Waals surface area contributed by atoms with Crippen molar-refractivity contribution < 1.29 is 4.79 Å². The van der Waals surface area contributed by atoms with Crippen LogP contribution in [0.2, 0.25) is 0 Å². The zero-order chi connectivity index (χ0) is 27.8. The highest BCUT2D eigenvalue weighted by molar-refractivity contribution is 5.85. The predicted molar refractivity (Wildman–Crippen MR) is 170 cm³/mol. The number of amides is 1. The van der Waals surface area contributed by atoms with Crippen LogP contribution in [0.15, 0.2) is 30.3 Å². The van der Waals surface area contributed by atoms with Gasteiger partial charge in [0.1, 0.15) is 0 Å². The number of hydrogen-bond donors (Lipinski definition) is 2. The van der Waals surface area contributed by atoms with Crippen LogP contribution in [0.1, 0.15) is 117 Å². The Morgan fingerprint density at radius 1 is 0.925 bits per heavy atom. The van der Waals surface area contributed by atoms with Crippen molar-refractivity contribution in [3.8, 4) is 0 Å². The largest absolute Gasteiger partial charge is 0.352 e. The van der Waals surface area contributed by atoms with Crippen LogP contribution in [0.3, 0.4) is 0 Å². The van der Waals surface area contributed by atoms with E-state index in [2.05, 4.69) is 52.1 Å². The predicted octanol–water partition coefficient (Wildman–Crippen LogP) is 8.58. The van der Waals surface area contributed by atoms with Crippen molar-refractivity contribution in [2.45, 2.75) is 130 Å². The molecule has 5 rings (SSSR count). The van der Waals surface area contributed by atoms with Crippen molar-refractivity contribution in [3.63, 3.8) is 0 Å². The average molecular weight is 571 g/mol. The normalized spacial score (nSPS) is 38.4. The van der Waals surface area contributed by atoms with Crippen molar-refractivity contribution in [1.29, 1.82) is 0 Å². The van der Waals surface area contributed by atoms with Gasteiger partial charge in [-0.25, -0.2) is 0 Å². The van der Waals surface area contributed by atoms with Crippen molar-refractivity contribution in [2.75, 3.05) is 0 Å². The Labute approximate surface area is 252 Å². The highest BCUT2D eigenvalue weighted by atomic mass is 35.5. The maximum absolute atomic E-state index is 13.0. The number of carbonyl (C=O) groups is 1. The van der Waals surface area contributed by atoms with Gasteiger partial charge in [-0.05, 0) is 122 Å². The van der Waals surface area contributed by atoms with E-state index in [1.54, 1.807) is 0 Å². The quantitative estimate of drug-likeness (QED) is 0.312. The molecule has 1 amide bonds. The van der Waals surface area contributed by atoms with E-state index in [-0.39, 0.29) is 18.3 Å². The minimum atomic E-state index is -0.462. The first-order valence-corrected chi connectivity index (χ1v) is 16.7. The first-order chi connectivity index (χ1) is 18.6. The molecule has 0 aromatic heterocycles. The number of halogens is 1. The summed E-state index contributed by atoms with van der Waals surface area (Å²) in [5, 5.41) is 3.38. The fourth-order valence-electron chi connectivity index (χ4n) is 10.7. The minimum absolute atomic E-state index is 0. The molecule has 0 bridgehead atoms. The number of nitrogens with two attached hydrogens (primary N) is 1. The van der Waals surface area contributed by atoms with Crippen LogP contribution >= 0.6 is 12.4 Å². The first kappa shape index (κ1) is 31.9. The van der Waals surface area contributed by atoms with Gasteiger partial charge in [0, 0.05) is 6.04 Å². The Kier molecular flexibility index (Phi) is 10.4. The van der Waals surface area contributed by atoms with Crippen LogP contribution in [-0.2, 0) is 11.2 Å². The highest BCUT2D eigenvalue weighted by Gasteiger charge is 2.60. The molecule has 0 saturated heterocycles. The zero-order valence-electron chi connectivity index (χ0n) is 26.2. The summed E-state index contributed by atoms with van der Waals surface area (Å²) in [4.78, 5) is 13.0. The summed E-state index contributed by atoms with van der Waals surface area (Å²) >= 11 is 0. The van der Waals surface area contributed by atoms with Crippen molar-refractivity contribution >= 4 is 18.3 Å². The van der Waals surface area contributed by atoms with Gasteiger partial charge in [-0.3, -0.25) is 4.79 Å². The summed E-state index contributed by atoms with van der Waals surface area (Å²) in [6, 6.07) is 10.0. The van der Waals surface area contributed by atoms with Crippen LogP contribution in [-0.4, -0.2) is 18.0 Å². The molecule has 4 heteroatoms. The summed E-state index contributed by atoms with van der Waals surface area (Å²) in [7, 11) is 0. The number of fused-ring (bicyclic) bond motifs is 5. The van der Waals surface area contributed by atoms with Crippen molar-refractivity contribution in [2.24, 2.45) is 58.0 Å². The Morgan fingerprint density at radius 2 is 1.62 bits per heavy atom. The Morgan fingerprint density at radius 3 is 2.35 bits per heavy atom. The molecule has 4 aliphatic rings. The number of hydrogen-bond acceptors (Lipinski definition) is 2. The molecule has 0 aliphatic heterocycles. The number of benzene rings is 1. The van der Waals surface area contributed by atoms with Gasteiger partial charge in [0.2, 0.25) is 5.91 Å². The van der Waals surface area contributed by atoms with Crippen molar-refractivity contribution in [1.82, 2.24) is 5.32 Å². The molecule has 1 aromatic rings. The molecule has 10 atom stereocenters. The average Bonchev–Trinajstić information content (AvgIpc) is 3.26. The first-order valence-electron chi connectivity index (χ1n) is 16.7. The third-order valence-corrected chi connectivity index (χ3v) is 12.8. The summed E-state index contributed by atoms with van der Waals surface area (Å²) < 4.78 is 0. The minimum Gasteiger partial charge on any atom is -0.352 e. The van der Waals surface area contributed by atoms with Gasteiger partial charge < -0.3 is 11.1 Å². The lowest BCUT2D eigenvalue weighted by Crippen LogP contribution is -2.56. The van der Waals surface area contributed by atoms with E-state index >= 15 is 0 Å². The lowest BCUT2D eigenvalue weighted by atomic mass is 9.44. The van der Waals surface area contributed by atoms with E-state index in [0.717, 1.165) is 59.8 Å². The van der Waals surface area contributed by atoms with Gasteiger partial charge in [0.05, 0.1) is 6.04 Å². The van der Waals surface area contributed by atoms with Crippen LogP contribution in [0, 0.1) is 52.3 Å². The molecule has 1 aromatic carbocycles. The molecular weight excluding hydrogens is 512 g/mol. The number of nitrogens with one attached hydrogen (secondary N) is 1. The van der Waals surface area contributed by atoms with Crippen LogP contribution < -0.4 is 11.1 Å².